The van der Waals surface area contributed by atoms with Crippen LogP contribution in [0.3, 0.4) is 0 Å². The van der Waals surface area contributed by atoms with Crippen LogP contribution in [0.25, 0.3) is 0 Å². The molecule has 3 aromatic carbocycles. The summed E-state index contributed by atoms with van der Waals surface area (Å²) in [5.41, 5.74) is 8.04. The number of carbonyl (C=O) groups is 3. The zero-order chi connectivity index (χ0) is 23.4. The predicted molar refractivity (Wildman–Crippen MR) is 126 cm³/mol. The minimum absolute atomic E-state index is 0.274. The van der Waals surface area contributed by atoms with Crippen molar-refractivity contribution < 1.29 is 24.2 Å². The number of aliphatic carboxylic acids is 1. The van der Waals surface area contributed by atoms with Crippen molar-refractivity contribution in [3.05, 3.63) is 95.6 Å². The van der Waals surface area contributed by atoms with Crippen LogP contribution in [-0.2, 0) is 16.2 Å². The lowest BCUT2D eigenvalue weighted by Gasteiger charge is -2.25. The zero-order valence-electron chi connectivity index (χ0n) is 17.6. The first-order valence-corrected chi connectivity index (χ1v) is 11.2. The minimum Gasteiger partial charge on any atom is -0.489 e. The molecule has 0 aromatic heterocycles. The maximum atomic E-state index is 13.1. The highest BCUT2D eigenvalue weighted by atomic mass is 32.2. The van der Waals surface area contributed by atoms with Gasteiger partial charge in [-0.15, -0.1) is 11.8 Å². The van der Waals surface area contributed by atoms with E-state index in [4.69, 9.17) is 10.5 Å². The Balaban J connectivity index is 1.59. The average molecular weight is 463 g/mol. The molecule has 1 aliphatic rings. The summed E-state index contributed by atoms with van der Waals surface area (Å²) in [6.07, 6.45) is -0.287. The largest absolute Gasteiger partial charge is 0.489 e. The van der Waals surface area contributed by atoms with Crippen molar-refractivity contribution in [1.29, 1.82) is 0 Å². The first-order valence-electron chi connectivity index (χ1n) is 10.3. The molecule has 0 saturated carbocycles. The highest BCUT2D eigenvalue weighted by Crippen LogP contribution is 2.47. The van der Waals surface area contributed by atoms with E-state index in [0.29, 0.717) is 18.0 Å². The van der Waals surface area contributed by atoms with Crippen molar-refractivity contribution >= 4 is 35.2 Å². The molecule has 3 aromatic rings. The molecular weight excluding hydrogens is 440 g/mol. The van der Waals surface area contributed by atoms with E-state index in [-0.39, 0.29) is 17.9 Å². The van der Waals surface area contributed by atoms with Crippen molar-refractivity contribution in [3.8, 4) is 5.75 Å². The summed E-state index contributed by atoms with van der Waals surface area (Å²) < 4.78 is 5.84. The average Bonchev–Trinajstić information content (AvgIpc) is 3.14. The number of anilines is 1. The van der Waals surface area contributed by atoms with Crippen molar-refractivity contribution in [2.75, 3.05) is 4.90 Å². The van der Waals surface area contributed by atoms with Crippen LogP contribution in [0.4, 0.5) is 5.69 Å². The van der Waals surface area contributed by atoms with E-state index in [1.165, 1.54) is 16.7 Å². The van der Waals surface area contributed by atoms with Gasteiger partial charge in [-0.3, -0.25) is 19.3 Å². The van der Waals surface area contributed by atoms with Crippen molar-refractivity contribution in [2.45, 2.75) is 23.7 Å². The third-order valence-electron chi connectivity index (χ3n) is 5.22. The lowest BCUT2D eigenvalue weighted by molar-refractivity contribution is -0.138. The molecule has 0 unspecified atom stereocenters. The summed E-state index contributed by atoms with van der Waals surface area (Å²) in [5, 5.41) is 8.06. The molecule has 1 saturated heterocycles. The monoisotopic (exact) mass is 462 g/mol. The fourth-order valence-electron chi connectivity index (χ4n) is 3.61. The minimum atomic E-state index is -1.04. The van der Waals surface area contributed by atoms with E-state index in [2.05, 4.69) is 0 Å². The van der Waals surface area contributed by atoms with Crippen LogP contribution in [0.5, 0.6) is 5.75 Å². The molecule has 1 heterocycles. The van der Waals surface area contributed by atoms with Crippen molar-refractivity contribution in [1.82, 2.24) is 0 Å². The smallest absolute Gasteiger partial charge is 0.305 e. The number of nitrogens with two attached hydrogens (primary N) is 1. The molecule has 2 atom stereocenters. The standard InChI is InChI=1S/C25H22N2O5S/c26-23(30)18-7-4-8-19(13-18)27-24(31)21(14-22(28)29)33-25(27)17-9-11-20(12-10-17)32-15-16-5-2-1-3-6-16/h1-13,21,25H,14-15H2,(H2,26,30)(H,28,29)/t21-,25+/m1/s1. The second-order valence-corrected chi connectivity index (χ2v) is 8.83. The second-order valence-electron chi connectivity index (χ2n) is 7.54. The number of primary amides is 1. The van der Waals surface area contributed by atoms with E-state index in [9.17, 15) is 19.5 Å². The van der Waals surface area contributed by atoms with Gasteiger partial charge >= 0.3 is 5.97 Å². The van der Waals surface area contributed by atoms with Gasteiger partial charge in [-0.05, 0) is 41.5 Å². The molecule has 3 N–H and O–H groups in total. The highest BCUT2D eigenvalue weighted by Gasteiger charge is 2.43. The summed E-state index contributed by atoms with van der Waals surface area (Å²) in [6, 6.07) is 23.7. The number of thioether (sulfide) groups is 1. The summed E-state index contributed by atoms with van der Waals surface area (Å²) in [6.45, 7) is 0.434. The van der Waals surface area contributed by atoms with Gasteiger partial charge in [0.05, 0.1) is 11.7 Å². The van der Waals surface area contributed by atoms with Gasteiger partial charge in [-0.2, -0.15) is 0 Å². The number of benzene rings is 3. The normalized spacial score (nSPS) is 17.7. The van der Waals surface area contributed by atoms with Crippen LogP contribution in [-0.4, -0.2) is 28.1 Å². The summed E-state index contributed by atoms with van der Waals surface area (Å²) in [7, 11) is 0. The molecule has 7 nitrogen and oxygen atoms in total. The van der Waals surface area contributed by atoms with E-state index < -0.39 is 22.5 Å². The van der Waals surface area contributed by atoms with Gasteiger partial charge in [0.1, 0.15) is 17.7 Å². The molecule has 2 amide bonds. The predicted octanol–water partition coefficient (Wildman–Crippen LogP) is 3.99. The number of amides is 2. The topological polar surface area (TPSA) is 110 Å². The molecule has 4 rings (SSSR count). The van der Waals surface area contributed by atoms with Crippen LogP contribution in [0.1, 0.15) is 33.3 Å². The lowest BCUT2D eigenvalue weighted by atomic mass is 10.1. The van der Waals surface area contributed by atoms with Gasteiger partial charge in [0, 0.05) is 11.3 Å². The third kappa shape index (κ3) is 5.18. The zero-order valence-corrected chi connectivity index (χ0v) is 18.4. The van der Waals surface area contributed by atoms with Gasteiger partial charge in [-0.25, -0.2) is 0 Å². The van der Waals surface area contributed by atoms with Crippen LogP contribution in [0, 0.1) is 0 Å². The second kappa shape index (κ2) is 9.79. The summed E-state index contributed by atoms with van der Waals surface area (Å²) in [4.78, 5) is 37.6. The number of hydrogen-bond donors (Lipinski definition) is 2. The van der Waals surface area contributed by atoms with Crippen molar-refractivity contribution in [2.24, 2.45) is 5.73 Å². The third-order valence-corrected chi connectivity index (χ3v) is 6.66. The molecule has 33 heavy (non-hydrogen) atoms. The highest BCUT2D eigenvalue weighted by molar-refractivity contribution is 8.01. The molecule has 0 spiro atoms. The van der Waals surface area contributed by atoms with Crippen LogP contribution >= 0.6 is 11.8 Å². The van der Waals surface area contributed by atoms with Crippen LogP contribution in [0.2, 0.25) is 0 Å². The number of carbonyl (C=O) groups excluding carboxylic acids is 2. The van der Waals surface area contributed by atoms with Gasteiger partial charge in [-0.1, -0.05) is 48.5 Å². The number of hydrogen-bond acceptors (Lipinski definition) is 5. The molecule has 0 aliphatic carbocycles. The number of carboxylic acid groups (broad SMARTS) is 1. The van der Waals surface area contributed by atoms with Gasteiger partial charge in [0.2, 0.25) is 11.8 Å². The van der Waals surface area contributed by atoms with E-state index in [1.807, 2.05) is 54.6 Å². The van der Waals surface area contributed by atoms with Crippen molar-refractivity contribution in [3.63, 3.8) is 0 Å². The van der Waals surface area contributed by atoms with Gasteiger partial charge in [0.25, 0.3) is 0 Å². The number of ether oxygens (including phenoxy) is 1. The molecule has 1 fully saturated rings. The number of rotatable bonds is 8. The fraction of sp³-hybridized carbons (Fsp3) is 0.160. The maximum absolute atomic E-state index is 13.1. The van der Waals surface area contributed by atoms with Gasteiger partial charge < -0.3 is 15.6 Å². The first kappa shape index (κ1) is 22.4. The number of carboxylic acids is 1. The Morgan fingerprint density at radius 1 is 1.00 bits per heavy atom. The Labute approximate surface area is 195 Å². The molecule has 168 valence electrons. The summed E-state index contributed by atoms with van der Waals surface area (Å²) in [5.74, 6) is -1.29. The Morgan fingerprint density at radius 2 is 1.73 bits per heavy atom. The molecule has 8 heteroatoms. The molecule has 1 aliphatic heterocycles. The maximum Gasteiger partial charge on any atom is 0.305 e. The Hall–Kier alpha value is -3.78. The van der Waals surface area contributed by atoms with Crippen LogP contribution in [0.15, 0.2) is 78.9 Å². The molecule has 0 radical (unpaired) electrons. The SMILES string of the molecule is NC(=O)c1cccc(N2C(=O)[C@@H](CC(=O)O)S[C@H]2c2ccc(OCc3ccccc3)cc2)c1. The quantitative estimate of drug-likeness (QED) is 0.524. The summed E-state index contributed by atoms with van der Waals surface area (Å²) >= 11 is 1.27. The van der Waals surface area contributed by atoms with E-state index >= 15 is 0 Å². The van der Waals surface area contributed by atoms with E-state index in [1.54, 1.807) is 24.3 Å². The number of nitrogens with zero attached hydrogens (tertiary/aromatic N) is 1. The fourth-order valence-corrected chi connectivity index (χ4v) is 5.05. The van der Waals surface area contributed by atoms with Gasteiger partial charge in [0.15, 0.2) is 0 Å². The van der Waals surface area contributed by atoms with E-state index in [0.717, 1.165) is 11.1 Å². The first-order chi connectivity index (χ1) is 15.9. The Bertz CT molecular complexity index is 1170. The Kier molecular flexibility index (Phi) is 6.65. The Morgan fingerprint density at radius 3 is 2.39 bits per heavy atom. The lowest BCUT2D eigenvalue weighted by Crippen LogP contribution is -2.32. The van der Waals surface area contributed by atoms with Crippen LogP contribution < -0.4 is 15.4 Å². The molecular formula is C25H22N2O5S. The molecule has 0 bridgehead atoms.